The summed E-state index contributed by atoms with van der Waals surface area (Å²) in [4.78, 5) is 16.4. The van der Waals surface area contributed by atoms with Gasteiger partial charge >= 0.3 is 0 Å². The summed E-state index contributed by atoms with van der Waals surface area (Å²) < 4.78 is 0. The Hall–Kier alpha value is -2.01. The maximum absolute atomic E-state index is 6.14. The van der Waals surface area contributed by atoms with Crippen LogP contribution in [-0.4, -0.2) is 48.7 Å². The average Bonchev–Trinajstić information content (AvgIpc) is 2.74. The fourth-order valence-corrected chi connectivity index (χ4v) is 4.44. The van der Waals surface area contributed by atoms with Gasteiger partial charge in [0, 0.05) is 55.5 Å². The predicted molar refractivity (Wildman–Crippen MR) is 113 cm³/mol. The number of piperazine rings is 1. The van der Waals surface area contributed by atoms with Gasteiger partial charge in [-0.1, -0.05) is 24.6 Å². The molecule has 0 amide bonds. The molecule has 27 heavy (non-hydrogen) atoms. The number of hydrogen-bond acceptors (Lipinski definition) is 5. The SMILES string of the molecule is CCC1CCCCN1c1cc(N2CCN(c3cccc(Cl)c3)CC2)ncn1. The lowest BCUT2D eigenvalue weighted by atomic mass is 10.00. The van der Waals surface area contributed by atoms with Crippen molar-refractivity contribution in [3.05, 3.63) is 41.7 Å². The molecule has 0 aliphatic carbocycles. The van der Waals surface area contributed by atoms with Crippen molar-refractivity contribution < 1.29 is 0 Å². The van der Waals surface area contributed by atoms with Crippen LogP contribution in [0.15, 0.2) is 36.7 Å². The van der Waals surface area contributed by atoms with Crippen LogP contribution < -0.4 is 14.7 Å². The molecule has 0 bridgehead atoms. The molecule has 1 aromatic heterocycles. The summed E-state index contributed by atoms with van der Waals surface area (Å²) in [5.74, 6) is 2.13. The van der Waals surface area contributed by atoms with E-state index in [0.29, 0.717) is 6.04 Å². The van der Waals surface area contributed by atoms with E-state index in [1.165, 1.54) is 31.4 Å². The molecule has 2 fully saturated rings. The Labute approximate surface area is 167 Å². The van der Waals surface area contributed by atoms with Gasteiger partial charge in [0.25, 0.3) is 0 Å². The van der Waals surface area contributed by atoms with Crippen molar-refractivity contribution >= 4 is 28.9 Å². The Morgan fingerprint density at radius 2 is 1.74 bits per heavy atom. The molecular formula is C21H28ClN5. The summed E-state index contributed by atoms with van der Waals surface area (Å²) in [6, 6.07) is 10.9. The van der Waals surface area contributed by atoms with Gasteiger partial charge in [-0.2, -0.15) is 0 Å². The van der Waals surface area contributed by atoms with Crippen molar-refractivity contribution in [3.63, 3.8) is 0 Å². The van der Waals surface area contributed by atoms with Gasteiger partial charge in [0.15, 0.2) is 0 Å². The number of aromatic nitrogens is 2. The first kappa shape index (κ1) is 18.4. The third kappa shape index (κ3) is 4.13. The van der Waals surface area contributed by atoms with Gasteiger partial charge in [-0.05, 0) is 43.9 Å². The van der Waals surface area contributed by atoms with Crippen LogP contribution in [0.1, 0.15) is 32.6 Å². The summed E-state index contributed by atoms with van der Waals surface area (Å²) in [7, 11) is 0. The lowest BCUT2D eigenvalue weighted by Gasteiger charge is -2.38. The minimum atomic E-state index is 0.612. The zero-order valence-corrected chi connectivity index (χ0v) is 16.8. The van der Waals surface area contributed by atoms with Crippen molar-refractivity contribution in [2.24, 2.45) is 0 Å². The highest BCUT2D eigenvalue weighted by atomic mass is 35.5. The van der Waals surface area contributed by atoms with Crippen LogP contribution in [-0.2, 0) is 0 Å². The van der Waals surface area contributed by atoms with Gasteiger partial charge in [-0.25, -0.2) is 9.97 Å². The van der Waals surface area contributed by atoms with Crippen molar-refractivity contribution in [1.29, 1.82) is 0 Å². The minimum Gasteiger partial charge on any atom is -0.368 e. The third-order valence-corrected chi connectivity index (χ3v) is 6.04. The summed E-state index contributed by atoms with van der Waals surface area (Å²) in [5, 5.41) is 0.794. The van der Waals surface area contributed by atoms with Gasteiger partial charge < -0.3 is 14.7 Å². The van der Waals surface area contributed by atoms with E-state index in [0.717, 1.165) is 49.4 Å². The monoisotopic (exact) mass is 385 g/mol. The van der Waals surface area contributed by atoms with E-state index in [4.69, 9.17) is 11.6 Å². The zero-order valence-electron chi connectivity index (χ0n) is 16.0. The van der Waals surface area contributed by atoms with Crippen molar-refractivity contribution in [3.8, 4) is 0 Å². The van der Waals surface area contributed by atoms with Gasteiger partial charge in [-0.15, -0.1) is 0 Å². The molecule has 4 rings (SSSR count). The highest BCUT2D eigenvalue weighted by molar-refractivity contribution is 6.30. The first-order valence-electron chi connectivity index (χ1n) is 10.1. The molecule has 1 unspecified atom stereocenters. The molecule has 2 saturated heterocycles. The summed E-state index contributed by atoms with van der Waals surface area (Å²) in [6.07, 6.45) is 6.77. The fourth-order valence-electron chi connectivity index (χ4n) is 4.26. The second kappa shape index (κ2) is 8.34. The number of hydrogen-bond donors (Lipinski definition) is 0. The molecule has 0 N–H and O–H groups in total. The summed E-state index contributed by atoms with van der Waals surface area (Å²) in [5.41, 5.74) is 1.20. The van der Waals surface area contributed by atoms with Crippen molar-refractivity contribution in [1.82, 2.24) is 9.97 Å². The molecule has 2 aromatic rings. The van der Waals surface area contributed by atoms with E-state index in [-0.39, 0.29) is 0 Å². The maximum Gasteiger partial charge on any atom is 0.134 e. The maximum atomic E-state index is 6.14. The average molecular weight is 386 g/mol. The number of benzene rings is 1. The number of anilines is 3. The molecule has 2 aliphatic heterocycles. The summed E-state index contributed by atoms with van der Waals surface area (Å²) >= 11 is 6.14. The van der Waals surface area contributed by atoms with E-state index < -0.39 is 0 Å². The molecule has 0 radical (unpaired) electrons. The molecule has 0 spiro atoms. The molecule has 1 atom stereocenters. The second-order valence-corrected chi connectivity index (χ2v) is 7.88. The Morgan fingerprint density at radius 3 is 2.52 bits per heavy atom. The lowest BCUT2D eigenvalue weighted by Crippen LogP contribution is -2.47. The van der Waals surface area contributed by atoms with Gasteiger partial charge in [0.05, 0.1) is 0 Å². The topological polar surface area (TPSA) is 35.5 Å². The molecule has 6 heteroatoms. The van der Waals surface area contributed by atoms with Crippen LogP contribution in [0.2, 0.25) is 5.02 Å². The minimum absolute atomic E-state index is 0.612. The predicted octanol–water partition coefficient (Wildman–Crippen LogP) is 4.23. The van der Waals surface area contributed by atoms with Gasteiger partial charge in [0.1, 0.15) is 18.0 Å². The third-order valence-electron chi connectivity index (χ3n) is 5.81. The van der Waals surface area contributed by atoms with Gasteiger partial charge in [-0.3, -0.25) is 0 Å². The molecule has 3 heterocycles. The van der Waals surface area contributed by atoms with Crippen LogP contribution in [0, 0.1) is 0 Å². The first-order valence-corrected chi connectivity index (χ1v) is 10.5. The second-order valence-electron chi connectivity index (χ2n) is 7.44. The van der Waals surface area contributed by atoms with E-state index in [9.17, 15) is 0 Å². The molecule has 0 saturated carbocycles. The van der Waals surface area contributed by atoms with Crippen molar-refractivity contribution in [2.45, 2.75) is 38.6 Å². The Kier molecular flexibility index (Phi) is 5.67. The Bertz CT molecular complexity index is 760. The molecule has 144 valence electrons. The number of piperidine rings is 1. The number of halogens is 1. The van der Waals surface area contributed by atoms with Crippen LogP contribution in [0.4, 0.5) is 17.3 Å². The molecule has 5 nitrogen and oxygen atoms in total. The van der Waals surface area contributed by atoms with Crippen LogP contribution in [0.25, 0.3) is 0 Å². The lowest BCUT2D eigenvalue weighted by molar-refractivity contribution is 0.446. The smallest absolute Gasteiger partial charge is 0.134 e. The van der Waals surface area contributed by atoms with E-state index in [1.807, 2.05) is 18.2 Å². The quantitative estimate of drug-likeness (QED) is 0.787. The standard InChI is InChI=1S/C21H28ClN5/c1-2-18-7-3-4-9-27(18)21-15-20(23-16-24-21)26-12-10-25(11-13-26)19-8-5-6-17(22)14-19/h5-6,8,14-16,18H,2-4,7,9-13H2,1H3. The largest absolute Gasteiger partial charge is 0.368 e. The van der Waals surface area contributed by atoms with Crippen LogP contribution >= 0.6 is 11.6 Å². The molecular weight excluding hydrogens is 358 g/mol. The number of rotatable bonds is 4. The van der Waals surface area contributed by atoms with E-state index in [2.05, 4.69) is 43.7 Å². The number of nitrogens with zero attached hydrogens (tertiary/aromatic N) is 5. The Balaban J connectivity index is 1.44. The highest BCUT2D eigenvalue weighted by Crippen LogP contribution is 2.28. The van der Waals surface area contributed by atoms with Gasteiger partial charge in [0.2, 0.25) is 0 Å². The van der Waals surface area contributed by atoms with Crippen LogP contribution in [0.3, 0.4) is 0 Å². The molecule has 2 aliphatic rings. The highest BCUT2D eigenvalue weighted by Gasteiger charge is 2.24. The van der Waals surface area contributed by atoms with E-state index in [1.54, 1.807) is 6.33 Å². The summed E-state index contributed by atoms with van der Waals surface area (Å²) in [6.45, 7) is 7.25. The zero-order chi connectivity index (χ0) is 18.6. The normalized spacial score (nSPS) is 20.8. The Morgan fingerprint density at radius 1 is 0.963 bits per heavy atom. The first-order chi connectivity index (χ1) is 13.2. The fraction of sp³-hybridized carbons (Fsp3) is 0.524. The molecule has 1 aromatic carbocycles. The van der Waals surface area contributed by atoms with Crippen molar-refractivity contribution in [2.75, 3.05) is 47.4 Å². The van der Waals surface area contributed by atoms with Crippen LogP contribution in [0.5, 0.6) is 0 Å². The van der Waals surface area contributed by atoms with E-state index >= 15 is 0 Å².